The van der Waals surface area contributed by atoms with Crippen LogP contribution in [0.1, 0.15) is 36.4 Å². The topological polar surface area (TPSA) is 42.3 Å². The summed E-state index contributed by atoms with van der Waals surface area (Å²) < 4.78 is 0. The van der Waals surface area contributed by atoms with E-state index in [4.69, 9.17) is 5.10 Å². The molecule has 0 spiro atoms. The number of nitrogens with zero attached hydrogens (tertiary/aromatic N) is 4. The molecule has 4 rings (SSSR count). The van der Waals surface area contributed by atoms with Crippen LogP contribution in [0.4, 0.5) is 11.4 Å². The summed E-state index contributed by atoms with van der Waals surface area (Å²) in [5.41, 5.74) is 7.25. The van der Waals surface area contributed by atoms with Crippen LogP contribution >= 0.6 is 0 Å². The summed E-state index contributed by atoms with van der Waals surface area (Å²) in [5, 5.41) is 16.8. The Bertz CT molecular complexity index is 929. The van der Waals surface area contributed by atoms with E-state index in [0.29, 0.717) is 5.92 Å². The van der Waals surface area contributed by atoms with Gasteiger partial charge >= 0.3 is 0 Å². The maximum atomic E-state index is 10.0. The molecule has 1 heterocycles. The molecule has 2 atom stereocenters. The Morgan fingerprint density at radius 2 is 1.57 bits per heavy atom. The lowest BCUT2D eigenvalue weighted by atomic mass is 9.77. The fourth-order valence-corrected chi connectivity index (χ4v) is 4.58. The van der Waals surface area contributed by atoms with Crippen LogP contribution in [-0.2, 0) is 0 Å². The quantitative estimate of drug-likeness (QED) is 0.804. The third-order valence-electron chi connectivity index (χ3n) is 6.23. The van der Waals surface area contributed by atoms with E-state index in [9.17, 15) is 5.11 Å². The predicted octanol–water partition coefficient (Wildman–Crippen LogP) is 4.36. The Balaban J connectivity index is 1.62. The highest BCUT2D eigenvalue weighted by molar-refractivity contribution is 6.07. The first kappa shape index (κ1) is 20.5. The van der Waals surface area contributed by atoms with E-state index in [1.165, 1.54) is 28.1 Å². The summed E-state index contributed by atoms with van der Waals surface area (Å²) in [4.78, 5) is 4.22. The SMILES string of the molecule is CN(C)c1ccc(/C=C2\CCC[C@@H]3C2=NN(CO)[C@H]3c2ccc(N(C)C)cc2)cc1. The van der Waals surface area contributed by atoms with Gasteiger partial charge in [-0.15, -0.1) is 0 Å². The lowest BCUT2D eigenvalue weighted by Crippen LogP contribution is -2.28. The summed E-state index contributed by atoms with van der Waals surface area (Å²) in [6.45, 7) is -0.0646. The van der Waals surface area contributed by atoms with Gasteiger partial charge in [-0.2, -0.15) is 5.10 Å². The van der Waals surface area contributed by atoms with E-state index in [1.54, 1.807) is 0 Å². The largest absolute Gasteiger partial charge is 0.378 e. The van der Waals surface area contributed by atoms with Crippen LogP contribution in [-0.4, -0.2) is 50.7 Å². The fourth-order valence-electron chi connectivity index (χ4n) is 4.58. The van der Waals surface area contributed by atoms with E-state index in [1.807, 2.05) is 5.01 Å². The molecule has 1 N–H and O–H groups in total. The van der Waals surface area contributed by atoms with Crippen LogP contribution in [0.15, 0.2) is 59.2 Å². The number of allylic oxidation sites excluding steroid dienone is 1. The highest BCUT2D eigenvalue weighted by Crippen LogP contribution is 2.44. The highest BCUT2D eigenvalue weighted by Gasteiger charge is 2.40. The average molecular weight is 405 g/mol. The number of rotatable bonds is 5. The third kappa shape index (κ3) is 3.94. The van der Waals surface area contributed by atoms with Crippen LogP contribution < -0.4 is 9.80 Å². The summed E-state index contributed by atoms with van der Waals surface area (Å²) in [7, 11) is 8.21. The van der Waals surface area contributed by atoms with Crippen molar-refractivity contribution in [1.29, 1.82) is 0 Å². The number of benzene rings is 2. The molecule has 1 fully saturated rings. The second kappa shape index (κ2) is 8.52. The Kier molecular flexibility index (Phi) is 5.82. The van der Waals surface area contributed by atoms with E-state index in [-0.39, 0.29) is 12.8 Å². The van der Waals surface area contributed by atoms with Gasteiger partial charge in [-0.1, -0.05) is 24.3 Å². The number of hydrazone groups is 1. The van der Waals surface area contributed by atoms with E-state index >= 15 is 0 Å². The second-order valence-corrected chi connectivity index (χ2v) is 8.65. The lowest BCUT2D eigenvalue weighted by molar-refractivity contribution is 0.0697. The molecule has 2 aromatic carbocycles. The van der Waals surface area contributed by atoms with Crippen LogP contribution in [0.5, 0.6) is 0 Å². The molecule has 2 aliphatic rings. The van der Waals surface area contributed by atoms with Gasteiger partial charge in [0.1, 0.15) is 6.73 Å². The molecule has 30 heavy (non-hydrogen) atoms. The number of hydrogen-bond acceptors (Lipinski definition) is 5. The molecule has 1 aliphatic heterocycles. The Hall–Kier alpha value is -2.79. The summed E-state index contributed by atoms with van der Waals surface area (Å²) in [5.74, 6) is 0.323. The smallest absolute Gasteiger partial charge is 0.132 e. The molecule has 0 aromatic heterocycles. The first-order valence-electron chi connectivity index (χ1n) is 10.7. The first-order valence-corrected chi connectivity index (χ1v) is 10.7. The first-order chi connectivity index (χ1) is 14.5. The van der Waals surface area contributed by atoms with Gasteiger partial charge in [0.15, 0.2) is 0 Å². The molecule has 2 aromatic rings. The van der Waals surface area contributed by atoms with Crippen molar-refractivity contribution < 1.29 is 5.11 Å². The van der Waals surface area contributed by atoms with Crippen molar-refractivity contribution in [2.75, 3.05) is 44.7 Å². The van der Waals surface area contributed by atoms with Crippen LogP contribution in [0, 0.1) is 5.92 Å². The predicted molar refractivity (Wildman–Crippen MR) is 126 cm³/mol. The molecule has 158 valence electrons. The zero-order chi connectivity index (χ0) is 21.3. The Morgan fingerprint density at radius 3 is 2.13 bits per heavy atom. The number of aliphatic hydroxyl groups is 1. The van der Waals surface area contributed by atoms with Crippen LogP contribution in [0.25, 0.3) is 6.08 Å². The molecule has 0 bridgehead atoms. The van der Waals surface area contributed by atoms with Gasteiger partial charge in [0.2, 0.25) is 0 Å². The third-order valence-corrected chi connectivity index (χ3v) is 6.23. The van der Waals surface area contributed by atoms with Crippen molar-refractivity contribution in [3.8, 4) is 0 Å². The van der Waals surface area contributed by atoms with Gasteiger partial charge in [0.25, 0.3) is 0 Å². The minimum Gasteiger partial charge on any atom is -0.378 e. The summed E-state index contributed by atoms with van der Waals surface area (Å²) in [6.07, 6.45) is 5.57. The molecule has 0 amide bonds. The molecular formula is C25H32N4O. The van der Waals surface area contributed by atoms with Gasteiger partial charge in [0.05, 0.1) is 11.8 Å². The molecule has 5 nitrogen and oxygen atoms in total. The number of fused-ring (bicyclic) bond motifs is 1. The monoisotopic (exact) mass is 404 g/mol. The van der Waals surface area contributed by atoms with E-state index < -0.39 is 0 Å². The molecule has 1 aliphatic carbocycles. The molecule has 0 saturated heterocycles. The van der Waals surface area contributed by atoms with E-state index in [2.05, 4.69) is 92.6 Å². The average Bonchev–Trinajstić information content (AvgIpc) is 3.14. The standard InChI is InChI=1S/C25H32N4O/c1-27(2)21-12-8-18(9-13-21)16-20-6-5-7-23-24(20)26-29(17-30)25(23)19-10-14-22(15-11-19)28(3)4/h8-16,23,25,30H,5-7,17H2,1-4H3/b20-16+/t23-,25+/m1/s1. The zero-order valence-corrected chi connectivity index (χ0v) is 18.4. The Labute approximate surface area is 179 Å². The van der Waals surface area contributed by atoms with Gasteiger partial charge in [-0.3, -0.25) is 5.01 Å². The van der Waals surface area contributed by atoms with Gasteiger partial charge in [-0.05, 0) is 66.3 Å². The van der Waals surface area contributed by atoms with Crippen molar-refractivity contribution in [3.05, 3.63) is 65.2 Å². The number of anilines is 2. The van der Waals surface area contributed by atoms with Crippen LogP contribution in [0.3, 0.4) is 0 Å². The number of hydrogen-bond donors (Lipinski definition) is 1. The van der Waals surface area contributed by atoms with Crippen molar-refractivity contribution in [3.63, 3.8) is 0 Å². The molecular weight excluding hydrogens is 372 g/mol. The molecule has 0 radical (unpaired) electrons. The van der Waals surface area contributed by atoms with Crippen LogP contribution in [0.2, 0.25) is 0 Å². The minimum atomic E-state index is -0.0646. The van der Waals surface area contributed by atoms with E-state index in [0.717, 1.165) is 25.0 Å². The molecule has 1 saturated carbocycles. The van der Waals surface area contributed by atoms with Gasteiger partial charge in [-0.25, -0.2) is 0 Å². The fraction of sp³-hybridized carbons (Fsp3) is 0.400. The number of aliphatic hydroxyl groups excluding tert-OH is 1. The van der Waals surface area contributed by atoms with Crippen molar-refractivity contribution in [1.82, 2.24) is 5.01 Å². The highest BCUT2D eigenvalue weighted by atomic mass is 16.3. The lowest BCUT2D eigenvalue weighted by Gasteiger charge is -2.30. The normalized spacial score (nSPS) is 22.1. The van der Waals surface area contributed by atoms with Gasteiger partial charge < -0.3 is 14.9 Å². The van der Waals surface area contributed by atoms with Crippen molar-refractivity contribution in [2.45, 2.75) is 25.3 Å². The minimum absolute atomic E-state index is 0.0646. The maximum absolute atomic E-state index is 10.0. The maximum Gasteiger partial charge on any atom is 0.132 e. The second-order valence-electron chi connectivity index (χ2n) is 8.65. The van der Waals surface area contributed by atoms with Crippen molar-refractivity contribution >= 4 is 23.2 Å². The molecule has 5 heteroatoms. The van der Waals surface area contributed by atoms with Gasteiger partial charge in [0, 0.05) is 45.5 Å². The van der Waals surface area contributed by atoms with Crippen molar-refractivity contribution in [2.24, 2.45) is 11.0 Å². The summed E-state index contributed by atoms with van der Waals surface area (Å²) in [6, 6.07) is 17.4. The Morgan fingerprint density at radius 1 is 0.967 bits per heavy atom. The zero-order valence-electron chi connectivity index (χ0n) is 18.4. The summed E-state index contributed by atoms with van der Waals surface area (Å²) >= 11 is 0. The molecule has 0 unspecified atom stereocenters.